The van der Waals surface area contributed by atoms with Gasteiger partial charge in [0.15, 0.2) is 0 Å². The van der Waals surface area contributed by atoms with Gasteiger partial charge in [-0.05, 0) is 72.0 Å². The maximum atomic E-state index is 13.9. The van der Waals surface area contributed by atoms with E-state index in [0.29, 0.717) is 62.8 Å². The number of fused-ring (bicyclic) bond motifs is 8. The van der Waals surface area contributed by atoms with E-state index in [1.54, 1.807) is 15.8 Å². The molecule has 4 heterocycles. The van der Waals surface area contributed by atoms with Gasteiger partial charge in [0.1, 0.15) is 18.1 Å². The van der Waals surface area contributed by atoms with Crippen LogP contribution in [-0.2, 0) is 16.0 Å². The van der Waals surface area contributed by atoms with Crippen molar-refractivity contribution in [2.45, 2.75) is 25.8 Å². The number of nitrogens with zero attached hydrogens (tertiary/aromatic N) is 4. The normalized spacial score (nSPS) is 16.5. The zero-order valence-corrected chi connectivity index (χ0v) is 24.6. The molecule has 0 saturated heterocycles. The molecule has 4 aromatic rings. The van der Waals surface area contributed by atoms with Crippen LogP contribution in [0, 0.1) is 0 Å². The molecule has 3 aromatic carbocycles. The summed E-state index contributed by atoms with van der Waals surface area (Å²) >= 11 is 0. The van der Waals surface area contributed by atoms with Gasteiger partial charge in [0.25, 0.3) is 5.91 Å². The topological polar surface area (TPSA) is 106 Å². The van der Waals surface area contributed by atoms with Crippen molar-refractivity contribution in [1.82, 2.24) is 24.9 Å². The third kappa shape index (κ3) is 6.29. The summed E-state index contributed by atoms with van der Waals surface area (Å²) in [5, 5.41) is 6.97. The number of ether oxygens (including phenoxy) is 2. The average Bonchev–Trinajstić information content (AvgIpc) is 3.58. The molecule has 10 nitrogen and oxygen atoms in total. The monoisotopic (exact) mass is 593 g/mol. The van der Waals surface area contributed by atoms with E-state index in [9.17, 15) is 14.4 Å². The van der Waals surface area contributed by atoms with Crippen molar-refractivity contribution in [3.8, 4) is 17.2 Å². The van der Waals surface area contributed by atoms with Crippen molar-refractivity contribution in [3.63, 3.8) is 0 Å². The highest BCUT2D eigenvalue weighted by Crippen LogP contribution is 2.38. The lowest BCUT2D eigenvalue weighted by Crippen LogP contribution is -2.45. The van der Waals surface area contributed by atoms with Crippen LogP contribution in [0.3, 0.4) is 0 Å². The second-order valence-electron chi connectivity index (χ2n) is 10.9. The van der Waals surface area contributed by atoms with Gasteiger partial charge in [-0.2, -0.15) is 5.10 Å². The van der Waals surface area contributed by atoms with Crippen molar-refractivity contribution in [2.75, 3.05) is 39.4 Å². The van der Waals surface area contributed by atoms with E-state index in [-0.39, 0.29) is 30.3 Å². The molecule has 3 amide bonds. The molecule has 7 rings (SSSR count). The zero-order chi connectivity index (χ0) is 30.5. The molecule has 0 aliphatic carbocycles. The van der Waals surface area contributed by atoms with Crippen LogP contribution in [-0.4, -0.2) is 76.7 Å². The van der Waals surface area contributed by atoms with Crippen LogP contribution in [0.15, 0.2) is 85.2 Å². The largest absolute Gasteiger partial charge is 0.494 e. The Morgan fingerprint density at radius 1 is 0.909 bits per heavy atom. The fraction of sp³-hybridized carbons (Fsp3) is 0.294. The van der Waals surface area contributed by atoms with Gasteiger partial charge in [-0.3, -0.25) is 14.4 Å². The molecule has 0 saturated carbocycles. The summed E-state index contributed by atoms with van der Waals surface area (Å²) in [6, 6.07) is 22.7. The standard InChI is InChI=1S/C34H35N5O5/c1-24(40)35-23-32(41)38-17-13-25-21-28-11-12-29(25)33(38)26-7-4-8-27(22-26)43-19-6-15-37(18-20-44-28)34(42)30-9-2-3-10-31(30)39-16-5-14-36-39/h2-5,7-12,14,16,21-22,33H,6,13,15,17-20,23H2,1H3,(H,35,40). The number of benzene rings is 3. The van der Waals surface area contributed by atoms with Crippen molar-refractivity contribution >= 4 is 17.7 Å². The Kier molecular flexibility index (Phi) is 8.58. The number of para-hydroxylation sites is 1. The van der Waals surface area contributed by atoms with Crippen molar-refractivity contribution < 1.29 is 23.9 Å². The number of hydrogen-bond donors (Lipinski definition) is 1. The molecule has 1 aromatic heterocycles. The Labute approximate surface area is 256 Å². The van der Waals surface area contributed by atoms with E-state index in [1.165, 1.54) is 6.92 Å². The van der Waals surface area contributed by atoms with E-state index >= 15 is 0 Å². The Morgan fingerprint density at radius 2 is 1.75 bits per heavy atom. The highest BCUT2D eigenvalue weighted by atomic mass is 16.5. The highest BCUT2D eigenvalue weighted by Gasteiger charge is 2.32. The molecule has 0 radical (unpaired) electrons. The summed E-state index contributed by atoms with van der Waals surface area (Å²) in [4.78, 5) is 42.3. The van der Waals surface area contributed by atoms with Crippen LogP contribution in [0.25, 0.3) is 5.69 Å². The lowest BCUT2D eigenvalue weighted by molar-refractivity contribution is -0.134. The molecule has 6 bridgehead atoms. The second kappa shape index (κ2) is 13.0. The number of hydrogen-bond acceptors (Lipinski definition) is 6. The SMILES string of the molecule is CC(=O)NCC(=O)N1CCc2cc3ccc2C1c1cccc(c1)OCCCN(C(=O)c1ccccc1-n1cccn1)CCO3. The van der Waals surface area contributed by atoms with Gasteiger partial charge in [0.2, 0.25) is 11.8 Å². The molecule has 1 unspecified atom stereocenters. The quantitative estimate of drug-likeness (QED) is 0.386. The molecule has 1 atom stereocenters. The van der Waals surface area contributed by atoms with Gasteiger partial charge in [-0.15, -0.1) is 0 Å². The molecule has 1 N–H and O–H groups in total. The molecule has 44 heavy (non-hydrogen) atoms. The van der Waals surface area contributed by atoms with Crippen LogP contribution >= 0.6 is 0 Å². The zero-order valence-electron chi connectivity index (χ0n) is 24.6. The lowest BCUT2D eigenvalue weighted by atomic mass is 9.87. The summed E-state index contributed by atoms with van der Waals surface area (Å²) in [7, 11) is 0. The maximum absolute atomic E-state index is 13.9. The van der Waals surface area contributed by atoms with Gasteiger partial charge >= 0.3 is 0 Å². The van der Waals surface area contributed by atoms with E-state index < -0.39 is 0 Å². The Hall–Kier alpha value is -5.12. The Morgan fingerprint density at radius 3 is 2.59 bits per heavy atom. The van der Waals surface area contributed by atoms with Crippen molar-refractivity contribution in [1.29, 1.82) is 0 Å². The smallest absolute Gasteiger partial charge is 0.256 e. The fourth-order valence-electron chi connectivity index (χ4n) is 5.87. The third-order valence-corrected chi connectivity index (χ3v) is 7.97. The van der Waals surface area contributed by atoms with E-state index in [0.717, 1.165) is 22.4 Å². The summed E-state index contributed by atoms with van der Waals surface area (Å²) in [5.74, 6) is 0.927. The van der Waals surface area contributed by atoms with E-state index in [2.05, 4.69) is 10.4 Å². The van der Waals surface area contributed by atoms with Gasteiger partial charge < -0.3 is 24.6 Å². The first-order valence-electron chi connectivity index (χ1n) is 14.9. The number of nitrogens with one attached hydrogen (secondary N) is 1. The minimum Gasteiger partial charge on any atom is -0.494 e. The molecule has 3 aliphatic heterocycles. The van der Waals surface area contributed by atoms with E-state index in [1.807, 2.05) is 83.9 Å². The van der Waals surface area contributed by atoms with E-state index in [4.69, 9.17) is 9.47 Å². The predicted octanol–water partition coefficient (Wildman–Crippen LogP) is 3.79. The molecular formula is C34H35N5O5. The summed E-state index contributed by atoms with van der Waals surface area (Å²) in [5.41, 5.74) is 4.31. The molecule has 3 aliphatic rings. The van der Waals surface area contributed by atoms with Crippen molar-refractivity contribution in [3.05, 3.63) is 107 Å². The first-order valence-corrected chi connectivity index (χ1v) is 14.9. The van der Waals surface area contributed by atoms with Crippen molar-refractivity contribution in [2.24, 2.45) is 0 Å². The Bertz CT molecular complexity index is 1650. The number of amides is 3. The minimum absolute atomic E-state index is 0.0554. The van der Waals surface area contributed by atoms with Crippen LogP contribution < -0.4 is 14.8 Å². The second-order valence-corrected chi connectivity index (χ2v) is 10.9. The third-order valence-electron chi connectivity index (χ3n) is 7.97. The first-order chi connectivity index (χ1) is 21.5. The summed E-state index contributed by atoms with van der Waals surface area (Å²) in [6.45, 7) is 3.45. The Balaban J connectivity index is 1.28. The van der Waals surface area contributed by atoms with Gasteiger partial charge in [0, 0.05) is 32.4 Å². The average molecular weight is 594 g/mol. The fourth-order valence-corrected chi connectivity index (χ4v) is 5.87. The highest BCUT2D eigenvalue weighted by molar-refractivity contribution is 5.97. The lowest BCUT2D eigenvalue weighted by Gasteiger charge is -2.38. The predicted molar refractivity (Wildman–Crippen MR) is 164 cm³/mol. The number of aromatic nitrogens is 2. The molecule has 226 valence electrons. The molecular weight excluding hydrogens is 558 g/mol. The van der Waals surface area contributed by atoms with Gasteiger partial charge in [-0.25, -0.2) is 4.68 Å². The minimum atomic E-state index is -0.325. The number of carbonyl (C=O) groups excluding carboxylic acids is 3. The van der Waals surface area contributed by atoms with Crippen LogP contribution in [0.5, 0.6) is 11.5 Å². The first kappa shape index (κ1) is 29.0. The summed E-state index contributed by atoms with van der Waals surface area (Å²) in [6.07, 6.45) is 4.78. The molecule has 0 spiro atoms. The van der Waals surface area contributed by atoms with Gasteiger partial charge in [0.05, 0.1) is 37.0 Å². The van der Waals surface area contributed by atoms with Crippen LogP contribution in [0.2, 0.25) is 0 Å². The van der Waals surface area contributed by atoms with Crippen LogP contribution in [0.4, 0.5) is 0 Å². The molecule has 0 fully saturated rings. The summed E-state index contributed by atoms with van der Waals surface area (Å²) < 4.78 is 14.1. The maximum Gasteiger partial charge on any atom is 0.256 e. The number of rotatable bonds is 4. The number of carbonyl (C=O) groups is 3. The molecule has 10 heteroatoms. The van der Waals surface area contributed by atoms with Gasteiger partial charge in [-0.1, -0.05) is 30.3 Å². The van der Waals surface area contributed by atoms with Crippen LogP contribution in [0.1, 0.15) is 46.4 Å².